The maximum absolute atomic E-state index is 10.9. The van der Waals surface area contributed by atoms with Crippen LogP contribution in [0.4, 0.5) is 0 Å². The van der Waals surface area contributed by atoms with E-state index in [-0.39, 0.29) is 0 Å². The van der Waals surface area contributed by atoms with E-state index in [2.05, 4.69) is 19.9 Å². The average molecular weight is 182 g/mol. The molecule has 0 aromatic carbocycles. The molecule has 2 nitrogen and oxygen atoms in total. The second-order valence-electron chi connectivity index (χ2n) is 3.95. The molecule has 1 unspecified atom stereocenters. The summed E-state index contributed by atoms with van der Waals surface area (Å²) in [6.45, 7) is 4.89. The number of allylic oxidation sites excluding steroid dienone is 2. The van der Waals surface area contributed by atoms with Crippen LogP contribution in [0.3, 0.4) is 0 Å². The van der Waals surface area contributed by atoms with Crippen LogP contribution >= 0.6 is 0 Å². The molecule has 0 bridgehead atoms. The first-order valence-electron chi connectivity index (χ1n) is 4.92. The highest BCUT2D eigenvalue weighted by molar-refractivity contribution is 5.62. The molecule has 1 fully saturated rings. The van der Waals surface area contributed by atoms with Gasteiger partial charge in [-0.15, -0.1) is 0 Å². The van der Waals surface area contributed by atoms with Crippen LogP contribution < -0.4 is 0 Å². The van der Waals surface area contributed by atoms with Crippen molar-refractivity contribution in [3.63, 3.8) is 0 Å². The van der Waals surface area contributed by atoms with Crippen molar-refractivity contribution in [3.05, 3.63) is 11.6 Å². The number of aldehydes is 1. The van der Waals surface area contributed by atoms with Crippen LogP contribution in [0.15, 0.2) is 11.6 Å². The lowest BCUT2D eigenvalue weighted by Gasteiger charge is -2.20. The molecule has 0 aromatic rings. The van der Waals surface area contributed by atoms with Crippen molar-refractivity contribution in [2.24, 2.45) is 0 Å². The minimum Gasteiger partial charge on any atom is -0.368 e. The molecule has 0 N–H and O–H groups in total. The van der Waals surface area contributed by atoms with Crippen molar-refractivity contribution in [2.45, 2.75) is 45.1 Å². The van der Waals surface area contributed by atoms with Crippen LogP contribution in [0.2, 0.25) is 0 Å². The molecule has 1 aliphatic rings. The molecule has 2 heteroatoms. The molecule has 1 atom stereocenters. The van der Waals surface area contributed by atoms with Crippen molar-refractivity contribution < 1.29 is 9.53 Å². The van der Waals surface area contributed by atoms with Gasteiger partial charge in [0.25, 0.3) is 0 Å². The first-order valence-corrected chi connectivity index (χ1v) is 4.92. The molecule has 1 aliphatic heterocycles. The van der Waals surface area contributed by atoms with Crippen LogP contribution in [0.5, 0.6) is 0 Å². The Labute approximate surface area is 80.0 Å². The molecule has 0 saturated carbocycles. The lowest BCUT2D eigenvalue weighted by atomic mass is 9.95. The summed E-state index contributed by atoms with van der Waals surface area (Å²) in [4.78, 5) is 10.9. The minimum absolute atomic E-state index is 0.452. The van der Waals surface area contributed by atoms with E-state index >= 15 is 0 Å². The van der Waals surface area contributed by atoms with E-state index in [4.69, 9.17) is 4.74 Å². The van der Waals surface area contributed by atoms with Gasteiger partial charge in [-0.1, -0.05) is 11.6 Å². The monoisotopic (exact) mass is 182 g/mol. The van der Waals surface area contributed by atoms with Gasteiger partial charge < -0.3 is 9.53 Å². The molecule has 1 rings (SSSR count). The van der Waals surface area contributed by atoms with Gasteiger partial charge in [0.1, 0.15) is 5.60 Å². The van der Waals surface area contributed by atoms with Crippen LogP contribution in [-0.2, 0) is 9.53 Å². The second kappa shape index (κ2) is 4.56. The molecule has 1 saturated heterocycles. The highest BCUT2D eigenvalue weighted by Gasteiger charge is 2.33. The molecule has 13 heavy (non-hydrogen) atoms. The van der Waals surface area contributed by atoms with Crippen molar-refractivity contribution in [1.82, 2.24) is 0 Å². The molecule has 0 spiro atoms. The van der Waals surface area contributed by atoms with Gasteiger partial charge in [0.15, 0.2) is 6.29 Å². The Bertz CT molecular complexity index is 196. The molecular weight excluding hydrogens is 164 g/mol. The Morgan fingerprint density at radius 3 is 2.77 bits per heavy atom. The van der Waals surface area contributed by atoms with Gasteiger partial charge in [-0.3, -0.25) is 0 Å². The zero-order chi connectivity index (χ0) is 9.73. The van der Waals surface area contributed by atoms with Gasteiger partial charge in [-0.2, -0.15) is 0 Å². The zero-order valence-corrected chi connectivity index (χ0v) is 8.51. The smallest absolute Gasteiger partial charge is 0.151 e. The minimum atomic E-state index is -0.452. The third-order valence-electron chi connectivity index (χ3n) is 2.47. The molecule has 74 valence electrons. The van der Waals surface area contributed by atoms with E-state index in [0.717, 1.165) is 38.6 Å². The van der Waals surface area contributed by atoms with Gasteiger partial charge >= 0.3 is 0 Å². The summed E-state index contributed by atoms with van der Waals surface area (Å²) in [6.07, 6.45) is 6.84. The van der Waals surface area contributed by atoms with E-state index in [0.29, 0.717) is 0 Å². The fraction of sp³-hybridized carbons (Fsp3) is 0.727. The Kier molecular flexibility index (Phi) is 3.67. The van der Waals surface area contributed by atoms with Gasteiger partial charge in [0, 0.05) is 6.61 Å². The SMILES string of the molecule is CC(C)=CCCC1(C=O)CCCO1. The summed E-state index contributed by atoms with van der Waals surface area (Å²) >= 11 is 0. The first kappa shape index (κ1) is 10.5. The summed E-state index contributed by atoms with van der Waals surface area (Å²) in [7, 11) is 0. The van der Waals surface area contributed by atoms with E-state index in [9.17, 15) is 4.79 Å². The predicted octanol–water partition coefficient (Wildman–Crippen LogP) is 2.48. The number of hydrogen-bond donors (Lipinski definition) is 0. The Hall–Kier alpha value is -0.630. The number of carbonyl (C=O) groups is 1. The quantitative estimate of drug-likeness (QED) is 0.493. The molecular formula is C11H18O2. The molecule has 1 heterocycles. The summed E-state index contributed by atoms with van der Waals surface area (Å²) in [5.74, 6) is 0. The maximum Gasteiger partial charge on any atom is 0.151 e. The van der Waals surface area contributed by atoms with E-state index in [1.54, 1.807) is 0 Å². The molecule has 0 aromatic heterocycles. The topological polar surface area (TPSA) is 26.3 Å². The number of carbonyl (C=O) groups excluding carboxylic acids is 1. The summed E-state index contributed by atoms with van der Waals surface area (Å²) in [5, 5.41) is 0. The fourth-order valence-electron chi connectivity index (χ4n) is 1.67. The summed E-state index contributed by atoms with van der Waals surface area (Å²) in [6, 6.07) is 0. The fourth-order valence-corrected chi connectivity index (χ4v) is 1.67. The van der Waals surface area contributed by atoms with E-state index in [1.807, 2.05) is 0 Å². The number of rotatable bonds is 4. The van der Waals surface area contributed by atoms with Crippen molar-refractivity contribution >= 4 is 6.29 Å². The molecule has 0 aliphatic carbocycles. The summed E-state index contributed by atoms with van der Waals surface area (Å²) in [5.41, 5.74) is 0.852. The predicted molar refractivity (Wildman–Crippen MR) is 52.6 cm³/mol. The Balaban J connectivity index is 2.40. The lowest BCUT2D eigenvalue weighted by molar-refractivity contribution is -0.126. The Morgan fingerprint density at radius 1 is 1.54 bits per heavy atom. The lowest BCUT2D eigenvalue weighted by Crippen LogP contribution is -2.29. The third kappa shape index (κ3) is 2.96. The van der Waals surface area contributed by atoms with Crippen molar-refractivity contribution in [2.75, 3.05) is 6.61 Å². The summed E-state index contributed by atoms with van der Waals surface area (Å²) < 4.78 is 5.47. The molecule has 0 amide bonds. The van der Waals surface area contributed by atoms with Crippen LogP contribution in [0.25, 0.3) is 0 Å². The highest BCUT2D eigenvalue weighted by atomic mass is 16.5. The van der Waals surface area contributed by atoms with Gasteiger partial charge in [-0.25, -0.2) is 0 Å². The maximum atomic E-state index is 10.9. The zero-order valence-electron chi connectivity index (χ0n) is 8.51. The van der Waals surface area contributed by atoms with Gasteiger partial charge in [0.05, 0.1) is 0 Å². The van der Waals surface area contributed by atoms with Crippen LogP contribution in [0.1, 0.15) is 39.5 Å². The average Bonchev–Trinajstić information content (AvgIpc) is 2.53. The van der Waals surface area contributed by atoms with Crippen molar-refractivity contribution in [3.8, 4) is 0 Å². The van der Waals surface area contributed by atoms with E-state index < -0.39 is 5.60 Å². The van der Waals surface area contributed by atoms with Gasteiger partial charge in [0.2, 0.25) is 0 Å². The van der Waals surface area contributed by atoms with Crippen molar-refractivity contribution in [1.29, 1.82) is 0 Å². The second-order valence-corrected chi connectivity index (χ2v) is 3.95. The van der Waals surface area contributed by atoms with Crippen LogP contribution in [-0.4, -0.2) is 18.5 Å². The highest BCUT2D eigenvalue weighted by Crippen LogP contribution is 2.28. The Morgan fingerprint density at radius 2 is 2.31 bits per heavy atom. The largest absolute Gasteiger partial charge is 0.368 e. The van der Waals surface area contributed by atoms with Gasteiger partial charge in [-0.05, 0) is 39.5 Å². The van der Waals surface area contributed by atoms with Crippen LogP contribution in [0, 0.1) is 0 Å². The third-order valence-corrected chi connectivity index (χ3v) is 2.47. The number of hydrogen-bond acceptors (Lipinski definition) is 2. The standard InChI is InChI=1S/C11H18O2/c1-10(2)5-3-6-11(9-12)7-4-8-13-11/h5,9H,3-4,6-8H2,1-2H3. The first-order chi connectivity index (χ1) is 6.18. The van der Waals surface area contributed by atoms with E-state index in [1.165, 1.54) is 5.57 Å². The normalized spacial score (nSPS) is 27.2. The molecule has 0 radical (unpaired) electrons. The number of ether oxygens (including phenoxy) is 1.